The van der Waals surface area contributed by atoms with Crippen LogP contribution in [0.4, 0.5) is 5.69 Å². The fourth-order valence-electron chi connectivity index (χ4n) is 3.42. The van der Waals surface area contributed by atoms with Crippen LogP contribution in [-0.2, 0) is 19.1 Å². The Morgan fingerprint density at radius 3 is 2.50 bits per heavy atom. The Bertz CT molecular complexity index is 1180. The molecular formula is C23H19Br2N3O5S. The first-order valence-corrected chi connectivity index (χ1v) is 12.3. The van der Waals surface area contributed by atoms with E-state index in [0.717, 1.165) is 4.47 Å². The predicted molar refractivity (Wildman–Crippen MR) is 137 cm³/mol. The summed E-state index contributed by atoms with van der Waals surface area (Å²) < 4.78 is 12.4. The van der Waals surface area contributed by atoms with Crippen molar-refractivity contribution in [1.29, 1.82) is 0 Å². The van der Waals surface area contributed by atoms with Gasteiger partial charge in [0.25, 0.3) is 17.7 Å². The van der Waals surface area contributed by atoms with Gasteiger partial charge in [0.15, 0.2) is 11.7 Å². The van der Waals surface area contributed by atoms with Crippen LogP contribution in [0.2, 0.25) is 0 Å². The number of carbonyl (C=O) groups is 3. The van der Waals surface area contributed by atoms with E-state index >= 15 is 0 Å². The maximum absolute atomic E-state index is 13.1. The maximum Gasteiger partial charge on any atom is 0.270 e. The van der Waals surface area contributed by atoms with Gasteiger partial charge in [0.05, 0.1) is 23.4 Å². The Balaban J connectivity index is 1.49. The first-order valence-electron chi connectivity index (χ1n) is 10.3. The fourth-order valence-corrected chi connectivity index (χ4v) is 4.47. The number of hydrogen-bond acceptors (Lipinski definition) is 6. The Labute approximate surface area is 218 Å². The lowest BCUT2D eigenvalue weighted by molar-refractivity contribution is -0.137. The van der Waals surface area contributed by atoms with E-state index in [1.54, 1.807) is 47.4 Å². The second-order valence-corrected chi connectivity index (χ2v) is 9.56. The number of carbonyl (C=O) groups excluding carboxylic acids is 3. The van der Waals surface area contributed by atoms with Crippen LogP contribution in [0, 0.1) is 0 Å². The number of hydrogen-bond donors (Lipinski definition) is 1. The Hall–Kier alpha value is -2.60. The molecule has 2 aliphatic heterocycles. The quantitative estimate of drug-likeness (QED) is 0.318. The van der Waals surface area contributed by atoms with E-state index in [9.17, 15) is 14.4 Å². The second kappa shape index (κ2) is 10.8. The normalized spacial score (nSPS) is 17.7. The number of benzene rings is 2. The fraction of sp³-hybridized carbons (Fsp3) is 0.217. The van der Waals surface area contributed by atoms with E-state index in [4.69, 9.17) is 21.7 Å². The van der Waals surface area contributed by atoms with Crippen LogP contribution in [-0.4, -0.2) is 60.6 Å². The van der Waals surface area contributed by atoms with Gasteiger partial charge < -0.3 is 14.4 Å². The van der Waals surface area contributed by atoms with Gasteiger partial charge in [0.2, 0.25) is 0 Å². The minimum atomic E-state index is -0.573. The molecule has 0 bridgehead atoms. The van der Waals surface area contributed by atoms with Crippen LogP contribution in [0.3, 0.4) is 0 Å². The molecule has 2 aromatic rings. The maximum atomic E-state index is 13.1. The van der Waals surface area contributed by atoms with E-state index in [1.165, 1.54) is 11.0 Å². The molecule has 2 aromatic carbocycles. The number of amides is 3. The molecule has 1 N–H and O–H groups in total. The average molecular weight is 609 g/mol. The molecule has 0 atom stereocenters. The second-order valence-electron chi connectivity index (χ2n) is 7.41. The summed E-state index contributed by atoms with van der Waals surface area (Å²) in [5.74, 6) is -0.740. The summed E-state index contributed by atoms with van der Waals surface area (Å²) in [6, 6.07) is 12.1. The molecule has 8 nitrogen and oxygen atoms in total. The van der Waals surface area contributed by atoms with Gasteiger partial charge in [-0.05, 0) is 76.2 Å². The highest BCUT2D eigenvalue weighted by Gasteiger charge is 2.34. The van der Waals surface area contributed by atoms with Gasteiger partial charge >= 0.3 is 0 Å². The van der Waals surface area contributed by atoms with Gasteiger partial charge in [-0.1, -0.05) is 22.0 Å². The van der Waals surface area contributed by atoms with Gasteiger partial charge in [0, 0.05) is 17.6 Å². The van der Waals surface area contributed by atoms with Gasteiger partial charge in [-0.25, -0.2) is 0 Å². The lowest BCUT2D eigenvalue weighted by atomic mass is 10.1. The number of nitrogens with zero attached hydrogens (tertiary/aromatic N) is 2. The Morgan fingerprint density at radius 2 is 1.82 bits per heavy atom. The number of rotatable bonds is 5. The van der Waals surface area contributed by atoms with Crippen molar-refractivity contribution in [1.82, 2.24) is 10.2 Å². The Kier molecular flexibility index (Phi) is 7.77. The van der Waals surface area contributed by atoms with Crippen LogP contribution in [0.15, 0.2) is 57.0 Å². The third kappa shape index (κ3) is 5.54. The number of ether oxygens (including phenoxy) is 2. The van der Waals surface area contributed by atoms with Gasteiger partial charge in [-0.15, -0.1) is 0 Å². The smallest absolute Gasteiger partial charge is 0.270 e. The van der Waals surface area contributed by atoms with Gasteiger partial charge in [-0.2, -0.15) is 0 Å². The van der Waals surface area contributed by atoms with Crippen molar-refractivity contribution in [2.24, 2.45) is 0 Å². The molecule has 0 aromatic heterocycles. The zero-order valence-electron chi connectivity index (χ0n) is 17.8. The summed E-state index contributed by atoms with van der Waals surface area (Å²) >= 11 is 12.0. The number of anilines is 1. The van der Waals surface area contributed by atoms with E-state index in [-0.39, 0.29) is 23.2 Å². The van der Waals surface area contributed by atoms with E-state index in [0.29, 0.717) is 47.8 Å². The largest absolute Gasteiger partial charge is 0.483 e. The molecule has 0 saturated carbocycles. The molecule has 176 valence electrons. The summed E-state index contributed by atoms with van der Waals surface area (Å²) in [7, 11) is 0. The number of nitrogens with one attached hydrogen (secondary N) is 1. The molecule has 2 heterocycles. The van der Waals surface area contributed by atoms with Gasteiger partial charge in [-0.3, -0.25) is 24.6 Å². The minimum Gasteiger partial charge on any atom is -0.483 e. The SMILES string of the molecule is O=C1NC(=S)N(c2ccc(Br)cc2)C(=O)/C1=C/c1ccc(OCC(=O)N2CCOCC2)c(Br)c1. The van der Waals surface area contributed by atoms with E-state index < -0.39 is 11.8 Å². The molecule has 2 fully saturated rings. The van der Waals surface area contributed by atoms with Crippen molar-refractivity contribution < 1.29 is 23.9 Å². The molecule has 34 heavy (non-hydrogen) atoms. The lowest BCUT2D eigenvalue weighted by Gasteiger charge is -2.29. The third-order valence-corrected chi connectivity index (χ3v) is 6.60. The molecule has 4 rings (SSSR count). The van der Waals surface area contributed by atoms with E-state index in [2.05, 4.69) is 37.2 Å². The molecule has 0 radical (unpaired) electrons. The van der Waals surface area contributed by atoms with Crippen molar-refractivity contribution in [2.75, 3.05) is 37.8 Å². The summed E-state index contributed by atoms with van der Waals surface area (Å²) in [6.07, 6.45) is 1.48. The Morgan fingerprint density at radius 1 is 1.12 bits per heavy atom. The number of morpholine rings is 1. The standard InChI is InChI=1S/C23H19Br2N3O5S/c24-15-2-4-16(5-3-15)28-22(31)17(21(30)26-23(28)34)11-14-1-6-19(18(25)12-14)33-13-20(29)27-7-9-32-10-8-27/h1-6,11-12H,7-10,13H2,(H,26,30,34)/b17-11+. The van der Waals surface area contributed by atoms with Crippen LogP contribution in [0.5, 0.6) is 5.75 Å². The molecular weight excluding hydrogens is 590 g/mol. The molecule has 2 saturated heterocycles. The van der Waals surface area contributed by atoms with Crippen molar-refractivity contribution in [3.8, 4) is 5.75 Å². The summed E-state index contributed by atoms with van der Waals surface area (Å²) in [5.41, 5.74) is 1.08. The molecule has 2 aliphatic rings. The highest BCUT2D eigenvalue weighted by atomic mass is 79.9. The molecule has 0 aliphatic carbocycles. The van der Waals surface area contributed by atoms with Crippen molar-refractivity contribution in [3.63, 3.8) is 0 Å². The van der Waals surface area contributed by atoms with Gasteiger partial charge in [0.1, 0.15) is 11.3 Å². The van der Waals surface area contributed by atoms with E-state index in [1.807, 2.05) is 0 Å². The molecule has 0 spiro atoms. The van der Waals surface area contributed by atoms with Crippen molar-refractivity contribution in [3.05, 3.63) is 62.5 Å². The average Bonchev–Trinajstić information content (AvgIpc) is 2.82. The third-order valence-electron chi connectivity index (χ3n) is 5.17. The molecule has 11 heteroatoms. The van der Waals surface area contributed by atoms with Crippen LogP contribution < -0.4 is 15.0 Å². The van der Waals surface area contributed by atoms with Crippen molar-refractivity contribution in [2.45, 2.75) is 0 Å². The summed E-state index contributed by atoms with van der Waals surface area (Å²) in [5, 5.41) is 2.58. The minimum absolute atomic E-state index is 0.0179. The lowest BCUT2D eigenvalue weighted by Crippen LogP contribution is -2.54. The topological polar surface area (TPSA) is 88.2 Å². The zero-order valence-corrected chi connectivity index (χ0v) is 21.7. The molecule has 3 amide bonds. The highest BCUT2D eigenvalue weighted by molar-refractivity contribution is 9.10. The van der Waals surface area contributed by atoms with Crippen LogP contribution >= 0.6 is 44.1 Å². The van der Waals surface area contributed by atoms with Crippen LogP contribution in [0.1, 0.15) is 5.56 Å². The number of halogens is 2. The zero-order chi connectivity index (χ0) is 24.2. The summed E-state index contributed by atoms with van der Waals surface area (Å²) in [4.78, 5) is 40.9. The first kappa shape index (κ1) is 24.5. The highest BCUT2D eigenvalue weighted by Crippen LogP contribution is 2.28. The number of thiocarbonyl (C=S) groups is 1. The summed E-state index contributed by atoms with van der Waals surface area (Å²) in [6.45, 7) is 2.04. The predicted octanol–water partition coefficient (Wildman–Crippen LogP) is 3.28. The molecule has 0 unspecified atom stereocenters. The first-order chi connectivity index (χ1) is 16.3. The monoisotopic (exact) mass is 607 g/mol. The van der Waals surface area contributed by atoms with Crippen molar-refractivity contribution >= 4 is 78.7 Å². The van der Waals surface area contributed by atoms with Crippen LogP contribution in [0.25, 0.3) is 6.08 Å².